The van der Waals surface area contributed by atoms with Crippen LogP contribution < -0.4 is 14.4 Å². The molecule has 3 rings (SSSR count). The van der Waals surface area contributed by atoms with Crippen molar-refractivity contribution in [3.63, 3.8) is 0 Å². The fourth-order valence-electron chi connectivity index (χ4n) is 2.98. The molecule has 2 aromatic carbocycles. The Morgan fingerprint density at radius 3 is 2.37 bits per heavy atom. The first-order valence-electron chi connectivity index (χ1n) is 8.88. The highest BCUT2D eigenvalue weighted by molar-refractivity contribution is 9.10. The molecule has 0 unspecified atom stereocenters. The minimum Gasteiger partial charge on any atom is -0.492 e. The minimum absolute atomic E-state index is 0.223. The van der Waals surface area contributed by atoms with Crippen molar-refractivity contribution in [2.45, 2.75) is 11.8 Å². The van der Waals surface area contributed by atoms with Crippen LogP contribution in [0.25, 0.3) is 0 Å². The van der Waals surface area contributed by atoms with Crippen LogP contribution in [0.5, 0.6) is 5.75 Å². The molecule has 0 saturated carbocycles. The second-order valence-electron chi connectivity index (χ2n) is 6.47. The van der Waals surface area contributed by atoms with Crippen LogP contribution >= 0.6 is 15.9 Å². The number of rotatable bonds is 6. The quantitative estimate of drug-likeness (QED) is 0.725. The van der Waals surface area contributed by atoms with Crippen LogP contribution in [0.1, 0.15) is 6.92 Å². The predicted molar refractivity (Wildman–Crippen MR) is 112 cm³/mol. The normalized spacial score (nSPS) is 15.6. The van der Waals surface area contributed by atoms with Crippen molar-refractivity contribution >= 4 is 37.3 Å². The lowest BCUT2D eigenvalue weighted by atomic mass is 10.2. The molecule has 0 aliphatic carbocycles. The van der Waals surface area contributed by atoms with E-state index in [1.54, 1.807) is 30.3 Å². The van der Waals surface area contributed by atoms with Crippen LogP contribution in [0.3, 0.4) is 0 Å². The Hall–Kier alpha value is -1.77. The molecule has 27 heavy (non-hydrogen) atoms. The summed E-state index contributed by atoms with van der Waals surface area (Å²) in [6, 6.07) is 12.0. The van der Waals surface area contributed by atoms with Crippen LogP contribution in [-0.4, -0.2) is 53.2 Å². The largest absolute Gasteiger partial charge is 0.492 e. The number of hydrogen-bond acceptors (Lipinski definition) is 5. The Kier molecular flexibility index (Phi) is 6.29. The maximum atomic E-state index is 12.7. The average Bonchev–Trinajstić information content (AvgIpc) is 2.64. The van der Waals surface area contributed by atoms with Crippen LogP contribution in [0.2, 0.25) is 0 Å². The van der Waals surface area contributed by atoms with Crippen molar-refractivity contribution in [1.82, 2.24) is 4.90 Å². The maximum absolute atomic E-state index is 12.7. The van der Waals surface area contributed by atoms with Crippen molar-refractivity contribution in [1.29, 1.82) is 0 Å². The van der Waals surface area contributed by atoms with Crippen molar-refractivity contribution in [3.05, 3.63) is 46.9 Å². The molecule has 0 amide bonds. The van der Waals surface area contributed by atoms with Gasteiger partial charge in [-0.3, -0.25) is 4.72 Å². The van der Waals surface area contributed by atoms with Gasteiger partial charge in [0.15, 0.2) is 0 Å². The van der Waals surface area contributed by atoms with Gasteiger partial charge in [-0.1, -0.05) is 15.9 Å². The molecule has 1 N–H and O–H groups in total. The van der Waals surface area contributed by atoms with E-state index in [0.29, 0.717) is 12.3 Å². The molecule has 6 nitrogen and oxygen atoms in total. The van der Waals surface area contributed by atoms with E-state index in [1.807, 2.05) is 19.1 Å². The first-order valence-corrected chi connectivity index (χ1v) is 11.2. The summed E-state index contributed by atoms with van der Waals surface area (Å²) in [6.07, 6.45) is 0. The molecule has 1 saturated heterocycles. The zero-order chi connectivity index (χ0) is 19.4. The van der Waals surface area contributed by atoms with E-state index in [9.17, 15) is 8.42 Å². The molecular formula is C19H24BrN3O3S. The summed E-state index contributed by atoms with van der Waals surface area (Å²) < 4.78 is 34.6. The summed E-state index contributed by atoms with van der Waals surface area (Å²) in [6.45, 7) is 6.17. The van der Waals surface area contributed by atoms with Crippen LogP contribution in [0, 0.1) is 0 Å². The number of anilines is 2. The molecule has 2 aromatic rings. The Balaban J connectivity index is 1.87. The fraction of sp³-hybridized carbons (Fsp3) is 0.368. The number of halogens is 1. The van der Waals surface area contributed by atoms with Gasteiger partial charge in [-0.15, -0.1) is 0 Å². The van der Waals surface area contributed by atoms with Gasteiger partial charge in [-0.2, -0.15) is 0 Å². The molecular weight excluding hydrogens is 430 g/mol. The lowest BCUT2D eigenvalue weighted by Gasteiger charge is -2.35. The molecule has 8 heteroatoms. The third kappa shape index (κ3) is 4.94. The fourth-order valence-corrected chi connectivity index (χ4v) is 4.29. The van der Waals surface area contributed by atoms with Crippen molar-refractivity contribution < 1.29 is 13.2 Å². The Morgan fingerprint density at radius 2 is 1.74 bits per heavy atom. The first-order chi connectivity index (χ1) is 12.9. The zero-order valence-electron chi connectivity index (χ0n) is 15.5. The molecule has 0 atom stereocenters. The molecule has 0 spiro atoms. The smallest absolute Gasteiger partial charge is 0.261 e. The maximum Gasteiger partial charge on any atom is 0.261 e. The van der Waals surface area contributed by atoms with E-state index in [4.69, 9.17) is 4.74 Å². The minimum atomic E-state index is -3.65. The summed E-state index contributed by atoms with van der Waals surface area (Å²) in [4.78, 5) is 4.74. The van der Waals surface area contributed by atoms with Gasteiger partial charge in [0.1, 0.15) is 5.75 Å². The van der Waals surface area contributed by atoms with Crippen molar-refractivity contribution in [2.75, 3.05) is 49.5 Å². The third-order valence-corrected chi connectivity index (χ3v) is 6.40. The van der Waals surface area contributed by atoms with Gasteiger partial charge in [0.2, 0.25) is 0 Å². The second kappa shape index (κ2) is 8.50. The predicted octanol–water partition coefficient (Wildman–Crippen LogP) is 3.40. The standard InChI is InChI=1S/C19H24BrN3O3S/c1-3-26-19-9-6-16(14-18(19)23-12-10-22(2)11-13-23)21-27(24,25)17-7-4-15(20)5-8-17/h4-9,14,21H,3,10-13H2,1-2H3. The molecule has 0 bridgehead atoms. The second-order valence-corrected chi connectivity index (χ2v) is 9.06. The average molecular weight is 454 g/mol. The van der Waals surface area contributed by atoms with E-state index >= 15 is 0 Å². The monoisotopic (exact) mass is 453 g/mol. The number of likely N-dealkylation sites (N-methyl/N-ethyl adjacent to an activating group) is 1. The first kappa shape index (κ1) is 20.0. The van der Waals surface area contributed by atoms with Gasteiger partial charge in [0, 0.05) is 30.7 Å². The van der Waals surface area contributed by atoms with E-state index in [2.05, 4.69) is 37.5 Å². The molecule has 146 valence electrons. The summed E-state index contributed by atoms with van der Waals surface area (Å²) >= 11 is 3.32. The number of nitrogens with one attached hydrogen (secondary N) is 1. The summed E-state index contributed by atoms with van der Waals surface area (Å²) in [5.74, 6) is 0.772. The highest BCUT2D eigenvalue weighted by Crippen LogP contribution is 2.33. The molecule has 1 fully saturated rings. The molecule has 1 heterocycles. The van der Waals surface area contributed by atoms with Gasteiger partial charge in [0.25, 0.3) is 10.0 Å². The molecule has 0 aromatic heterocycles. The zero-order valence-corrected chi connectivity index (χ0v) is 17.9. The number of sulfonamides is 1. The van der Waals surface area contributed by atoms with E-state index in [1.165, 1.54) is 0 Å². The lowest BCUT2D eigenvalue weighted by molar-refractivity contribution is 0.307. The third-order valence-electron chi connectivity index (χ3n) is 4.48. The summed E-state index contributed by atoms with van der Waals surface area (Å²) in [5, 5.41) is 0. The highest BCUT2D eigenvalue weighted by Gasteiger charge is 2.20. The van der Waals surface area contributed by atoms with E-state index < -0.39 is 10.0 Å². The van der Waals surface area contributed by atoms with Crippen molar-refractivity contribution in [2.24, 2.45) is 0 Å². The summed E-state index contributed by atoms with van der Waals surface area (Å²) in [5.41, 5.74) is 1.44. The Labute approximate surface area is 169 Å². The number of hydrogen-bond donors (Lipinski definition) is 1. The van der Waals surface area contributed by atoms with Gasteiger partial charge in [0.05, 0.1) is 22.9 Å². The van der Waals surface area contributed by atoms with Gasteiger partial charge >= 0.3 is 0 Å². The Morgan fingerprint density at radius 1 is 1.07 bits per heavy atom. The number of benzene rings is 2. The highest BCUT2D eigenvalue weighted by atomic mass is 79.9. The van der Waals surface area contributed by atoms with Gasteiger partial charge < -0.3 is 14.5 Å². The van der Waals surface area contributed by atoms with Crippen LogP contribution in [0.4, 0.5) is 11.4 Å². The number of piperazine rings is 1. The topological polar surface area (TPSA) is 61.9 Å². The molecule has 1 aliphatic heterocycles. The Bertz CT molecular complexity index is 880. The van der Waals surface area contributed by atoms with E-state index in [-0.39, 0.29) is 4.90 Å². The van der Waals surface area contributed by atoms with Gasteiger partial charge in [-0.25, -0.2) is 8.42 Å². The van der Waals surface area contributed by atoms with Crippen LogP contribution in [-0.2, 0) is 10.0 Å². The molecule has 1 aliphatic rings. The number of ether oxygens (including phenoxy) is 1. The molecule has 0 radical (unpaired) electrons. The number of nitrogens with zero attached hydrogens (tertiary/aromatic N) is 2. The van der Waals surface area contributed by atoms with Gasteiger partial charge in [-0.05, 0) is 56.4 Å². The van der Waals surface area contributed by atoms with E-state index in [0.717, 1.165) is 42.1 Å². The SMILES string of the molecule is CCOc1ccc(NS(=O)(=O)c2ccc(Br)cc2)cc1N1CCN(C)CC1. The summed E-state index contributed by atoms with van der Waals surface area (Å²) in [7, 11) is -1.55. The lowest BCUT2D eigenvalue weighted by Crippen LogP contribution is -2.44. The van der Waals surface area contributed by atoms with Crippen molar-refractivity contribution in [3.8, 4) is 5.75 Å². The van der Waals surface area contributed by atoms with Crippen LogP contribution in [0.15, 0.2) is 51.8 Å².